The van der Waals surface area contributed by atoms with Crippen molar-refractivity contribution in [3.8, 4) is 5.75 Å². The minimum Gasteiger partial charge on any atom is -0.482 e. The molecule has 0 aliphatic heterocycles. The first-order valence-corrected chi connectivity index (χ1v) is 6.29. The molecule has 2 heterocycles. The molecule has 2 aromatic rings. The average molecular weight is 303 g/mol. The minimum atomic E-state index is -1.15. The lowest BCUT2D eigenvalue weighted by atomic mass is 10.4. The maximum Gasteiger partial charge on any atom is 0.323 e. The number of hydrogen-bond donors (Lipinski definition) is 2. The number of aliphatic carboxylic acids is 1. The van der Waals surface area contributed by atoms with Gasteiger partial charge in [0.2, 0.25) is 0 Å². The van der Waals surface area contributed by atoms with E-state index in [0.717, 1.165) is 4.57 Å². The van der Waals surface area contributed by atoms with Crippen LogP contribution in [0.3, 0.4) is 0 Å². The van der Waals surface area contributed by atoms with E-state index in [1.165, 1.54) is 24.5 Å². The van der Waals surface area contributed by atoms with Crippen molar-refractivity contribution in [1.82, 2.24) is 9.55 Å². The minimum absolute atomic E-state index is 0.232. The predicted molar refractivity (Wildman–Crippen MR) is 76.7 cm³/mol. The second-order valence-corrected chi connectivity index (χ2v) is 4.30. The number of amides is 1. The van der Waals surface area contributed by atoms with Crippen molar-refractivity contribution in [1.29, 1.82) is 0 Å². The second kappa shape index (κ2) is 7.02. The normalized spacial score (nSPS) is 10.0. The van der Waals surface area contributed by atoms with Gasteiger partial charge in [0.25, 0.3) is 11.5 Å². The number of carbonyl (C=O) groups is 2. The van der Waals surface area contributed by atoms with Crippen LogP contribution in [0.4, 0.5) is 5.69 Å². The lowest BCUT2D eigenvalue weighted by Gasteiger charge is -2.09. The summed E-state index contributed by atoms with van der Waals surface area (Å²) in [6.45, 7) is -0.710. The van der Waals surface area contributed by atoms with Gasteiger partial charge in [0.05, 0.1) is 11.9 Å². The van der Waals surface area contributed by atoms with Crippen LogP contribution in [0, 0.1) is 0 Å². The van der Waals surface area contributed by atoms with Gasteiger partial charge in [0.1, 0.15) is 12.3 Å². The smallest absolute Gasteiger partial charge is 0.323 e. The first kappa shape index (κ1) is 15.2. The number of carbonyl (C=O) groups excluding carboxylic acids is 1. The molecule has 0 spiro atoms. The fraction of sp³-hybridized carbons (Fsp3) is 0.143. The van der Waals surface area contributed by atoms with Crippen molar-refractivity contribution >= 4 is 17.6 Å². The zero-order valence-electron chi connectivity index (χ0n) is 11.4. The standard InChI is InChI=1S/C14H13N3O5/c18-12(9-22-11-2-1-5-15-6-11)16-10-3-4-13(19)17(7-10)8-14(20)21/h1-7H,8-9H2,(H,16,18)(H,20,21). The van der Waals surface area contributed by atoms with Gasteiger partial charge in [-0.05, 0) is 18.2 Å². The predicted octanol–water partition coefficient (Wildman–Crippen LogP) is 0.345. The van der Waals surface area contributed by atoms with E-state index in [9.17, 15) is 14.4 Å². The van der Waals surface area contributed by atoms with Gasteiger partial charge in [0, 0.05) is 18.5 Å². The molecule has 2 aromatic heterocycles. The highest BCUT2D eigenvalue weighted by molar-refractivity contribution is 5.91. The van der Waals surface area contributed by atoms with Gasteiger partial charge in [-0.3, -0.25) is 19.4 Å². The fourth-order valence-electron chi connectivity index (χ4n) is 1.65. The molecule has 8 nitrogen and oxygen atoms in total. The number of ether oxygens (including phenoxy) is 1. The van der Waals surface area contributed by atoms with Crippen LogP contribution in [-0.2, 0) is 16.1 Å². The van der Waals surface area contributed by atoms with E-state index >= 15 is 0 Å². The van der Waals surface area contributed by atoms with E-state index < -0.39 is 24.0 Å². The molecule has 0 unspecified atom stereocenters. The molecule has 0 bridgehead atoms. The third kappa shape index (κ3) is 4.44. The third-order valence-electron chi connectivity index (χ3n) is 2.58. The quantitative estimate of drug-likeness (QED) is 0.796. The van der Waals surface area contributed by atoms with Crippen molar-refractivity contribution in [2.75, 3.05) is 11.9 Å². The monoisotopic (exact) mass is 303 g/mol. The number of nitrogens with one attached hydrogen (secondary N) is 1. The molecule has 2 rings (SSSR count). The summed E-state index contributed by atoms with van der Waals surface area (Å²) < 4.78 is 6.21. The molecule has 114 valence electrons. The van der Waals surface area contributed by atoms with Crippen LogP contribution < -0.4 is 15.6 Å². The molecular formula is C14H13N3O5. The molecule has 22 heavy (non-hydrogen) atoms. The van der Waals surface area contributed by atoms with Crippen molar-refractivity contribution in [3.05, 3.63) is 53.2 Å². The second-order valence-electron chi connectivity index (χ2n) is 4.30. The van der Waals surface area contributed by atoms with Gasteiger partial charge in [-0.2, -0.15) is 0 Å². The van der Waals surface area contributed by atoms with E-state index in [-0.39, 0.29) is 6.61 Å². The SMILES string of the molecule is O=C(O)Cn1cc(NC(=O)COc2cccnc2)ccc1=O. The lowest BCUT2D eigenvalue weighted by molar-refractivity contribution is -0.137. The molecular weight excluding hydrogens is 290 g/mol. The summed E-state index contributed by atoms with van der Waals surface area (Å²) >= 11 is 0. The molecule has 0 radical (unpaired) electrons. The summed E-state index contributed by atoms with van der Waals surface area (Å²) in [4.78, 5) is 37.7. The van der Waals surface area contributed by atoms with Crippen LogP contribution in [0.15, 0.2) is 47.7 Å². The van der Waals surface area contributed by atoms with E-state index in [0.29, 0.717) is 11.4 Å². The molecule has 0 aromatic carbocycles. The van der Waals surface area contributed by atoms with E-state index in [1.54, 1.807) is 18.3 Å². The Hall–Kier alpha value is -3.16. The third-order valence-corrected chi connectivity index (χ3v) is 2.58. The van der Waals surface area contributed by atoms with Crippen LogP contribution >= 0.6 is 0 Å². The molecule has 0 aliphatic rings. The van der Waals surface area contributed by atoms with Crippen LogP contribution in [0.2, 0.25) is 0 Å². The lowest BCUT2D eigenvalue weighted by Crippen LogP contribution is -2.25. The molecule has 0 saturated heterocycles. The molecule has 2 N–H and O–H groups in total. The molecule has 1 amide bonds. The van der Waals surface area contributed by atoms with E-state index in [4.69, 9.17) is 9.84 Å². The molecule has 0 fully saturated rings. The number of carboxylic acids is 1. The summed E-state index contributed by atoms with van der Waals surface area (Å²) in [5.74, 6) is -1.14. The number of pyridine rings is 2. The molecule has 0 atom stereocenters. The van der Waals surface area contributed by atoms with Gasteiger partial charge in [-0.15, -0.1) is 0 Å². The van der Waals surface area contributed by atoms with E-state index in [2.05, 4.69) is 10.3 Å². The number of carboxylic acid groups (broad SMARTS) is 1. The average Bonchev–Trinajstić information content (AvgIpc) is 2.49. The Morgan fingerprint density at radius 3 is 2.82 bits per heavy atom. The molecule has 0 aliphatic carbocycles. The first-order chi connectivity index (χ1) is 10.5. The Morgan fingerprint density at radius 1 is 1.32 bits per heavy atom. The van der Waals surface area contributed by atoms with Gasteiger partial charge in [-0.25, -0.2) is 0 Å². The van der Waals surface area contributed by atoms with Crippen LogP contribution in [0.1, 0.15) is 0 Å². The Bertz CT molecular complexity index is 727. The Kier molecular flexibility index (Phi) is 4.86. The molecule has 0 saturated carbocycles. The number of rotatable bonds is 6. The van der Waals surface area contributed by atoms with Gasteiger partial charge in [-0.1, -0.05) is 0 Å². The van der Waals surface area contributed by atoms with Gasteiger partial charge >= 0.3 is 5.97 Å². The Morgan fingerprint density at radius 2 is 2.14 bits per heavy atom. The highest BCUT2D eigenvalue weighted by atomic mass is 16.5. The maximum atomic E-state index is 11.7. The Labute approximate surface area is 125 Å². The largest absolute Gasteiger partial charge is 0.482 e. The van der Waals surface area contributed by atoms with Crippen molar-refractivity contribution in [3.63, 3.8) is 0 Å². The number of anilines is 1. The topological polar surface area (TPSA) is 111 Å². The number of hydrogen-bond acceptors (Lipinski definition) is 5. The highest BCUT2D eigenvalue weighted by Crippen LogP contribution is 2.07. The van der Waals surface area contributed by atoms with E-state index in [1.807, 2.05) is 0 Å². The highest BCUT2D eigenvalue weighted by Gasteiger charge is 2.07. The summed E-state index contributed by atoms with van der Waals surface area (Å²) in [7, 11) is 0. The number of nitrogens with zero attached hydrogens (tertiary/aromatic N) is 2. The van der Waals surface area contributed by atoms with Crippen LogP contribution in [0.5, 0.6) is 5.75 Å². The van der Waals surface area contributed by atoms with Crippen molar-refractivity contribution in [2.45, 2.75) is 6.54 Å². The number of aromatic nitrogens is 2. The summed E-state index contributed by atoms with van der Waals surface area (Å²) in [5.41, 5.74) is -0.160. The maximum absolute atomic E-state index is 11.7. The summed E-state index contributed by atoms with van der Waals surface area (Å²) in [6.07, 6.45) is 4.32. The zero-order valence-corrected chi connectivity index (χ0v) is 11.4. The van der Waals surface area contributed by atoms with Crippen molar-refractivity contribution < 1.29 is 19.4 Å². The summed E-state index contributed by atoms with van der Waals surface area (Å²) in [6, 6.07) is 5.91. The zero-order chi connectivity index (χ0) is 15.9. The van der Waals surface area contributed by atoms with Gasteiger partial charge < -0.3 is 19.7 Å². The van der Waals surface area contributed by atoms with Gasteiger partial charge in [0.15, 0.2) is 6.61 Å². The fourth-order valence-corrected chi connectivity index (χ4v) is 1.65. The summed E-state index contributed by atoms with van der Waals surface area (Å²) in [5, 5.41) is 11.2. The first-order valence-electron chi connectivity index (χ1n) is 6.29. The van der Waals surface area contributed by atoms with Crippen LogP contribution in [-0.4, -0.2) is 33.1 Å². The van der Waals surface area contributed by atoms with Crippen LogP contribution in [0.25, 0.3) is 0 Å². The molecule has 8 heteroatoms. The Balaban J connectivity index is 1.96. The van der Waals surface area contributed by atoms with Crippen molar-refractivity contribution in [2.24, 2.45) is 0 Å².